The topological polar surface area (TPSA) is 58.6 Å². The number of nitrogens with one attached hydrogen (secondary N) is 1. The molecule has 2 rings (SSSR count). The van der Waals surface area contributed by atoms with Crippen LogP contribution in [0.25, 0.3) is 0 Å². The molecule has 0 radical (unpaired) electrons. The second-order valence-electron chi connectivity index (χ2n) is 6.31. The van der Waals surface area contributed by atoms with Crippen molar-refractivity contribution in [1.82, 2.24) is 0 Å². The third kappa shape index (κ3) is 4.17. The first-order valence-electron chi connectivity index (χ1n) is 8.33. The minimum atomic E-state index is -1.25. The summed E-state index contributed by atoms with van der Waals surface area (Å²) < 4.78 is 5.10. The van der Waals surface area contributed by atoms with Crippen LogP contribution in [0.5, 0.6) is 5.75 Å². The molecule has 5 nitrogen and oxygen atoms in total. The predicted molar refractivity (Wildman–Crippen MR) is 105 cm³/mol. The summed E-state index contributed by atoms with van der Waals surface area (Å²) in [6, 6.07) is 14.2. The molecule has 0 aliphatic rings. The summed E-state index contributed by atoms with van der Waals surface area (Å²) in [6.07, 6.45) is 0. The summed E-state index contributed by atoms with van der Waals surface area (Å²) >= 11 is 6.09. The van der Waals surface area contributed by atoms with Crippen molar-refractivity contribution in [3.8, 4) is 5.75 Å². The maximum absolute atomic E-state index is 13.0. The lowest BCUT2D eigenvalue weighted by Crippen LogP contribution is -2.47. The Balaban J connectivity index is 2.20. The Morgan fingerprint density at radius 3 is 2.35 bits per heavy atom. The number of ether oxygens (including phenoxy) is 1. The van der Waals surface area contributed by atoms with E-state index >= 15 is 0 Å². The molecule has 0 unspecified atom stereocenters. The van der Waals surface area contributed by atoms with Gasteiger partial charge in [-0.25, -0.2) is 0 Å². The lowest BCUT2D eigenvalue weighted by Gasteiger charge is -2.30. The van der Waals surface area contributed by atoms with Gasteiger partial charge in [-0.3, -0.25) is 9.59 Å². The van der Waals surface area contributed by atoms with Crippen molar-refractivity contribution in [1.29, 1.82) is 0 Å². The highest BCUT2D eigenvalue weighted by atomic mass is 35.5. The van der Waals surface area contributed by atoms with Gasteiger partial charge in [-0.05, 0) is 51.1 Å². The standard InChI is InChI=1S/C20H23ClN2O3/c1-5-23(15-9-7-6-8-10-15)19(25)20(2,3)18(24)22-14-11-12-17(26-4)16(21)13-14/h6-13H,5H2,1-4H3,(H,22,24). The van der Waals surface area contributed by atoms with Crippen LogP contribution in [-0.4, -0.2) is 25.5 Å². The number of carbonyl (C=O) groups excluding carboxylic acids is 2. The first kappa shape index (κ1) is 19.8. The fourth-order valence-electron chi connectivity index (χ4n) is 2.52. The number of para-hydroxylation sites is 1. The van der Waals surface area contributed by atoms with Gasteiger partial charge in [0.15, 0.2) is 0 Å². The zero-order chi connectivity index (χ0) is 19.3. The summed E-state index contributed by atoms with van der Waals surface area (Å²) in [5.41, 5.74) is 0.0101. The number of hydrogen-bond donors (Lipinski definition) is 1. The monoisotopic (exact) mass is 374 g/mol. The first-order valence-corrected chi connectivity index (χ1v) is 8.71. The lowest BCUT2D eigenvalue weighted by molar-refractivity contribution is -0.136. The van der Waals surface area contributed by atoms with E-state index in [1.165, 1.54) is 7.11 Å². The molecule has 0 aromatic heterocycles. The van der Waals surface area contributed by atoms with Gasteiger partial charge >= 0.3 is 0 Å². The summed E-state index contributed by atoms with van der Waals surface area (Å²) in [4.78, 5) is 27.4. The average molecular weight is 375 g/mol. The Kier molecular flexibility index (Phi) is 6.27. The quantitative estimate of drug-likeness (QED) is 0.764. The highest BCUT2D eigenvalue weighted by molar-refractivity contribution is 6.32. The van der Waals surface area contributed by atoms with E-state index in [1.54, 1.807) is 36.9 Å². The number of carbonyl (C=O) groups is 2. The second-order valence-corrected chi connectivity index (χ2v) is 6.72. The normalized spacial score (nSPS) is 11.0. The Hall–Kier alpha value is -2.53. The van der Waals surface area contributed by atoms with E-state index in [2.05, 4.69) is 5.32 Å². The van der Waals surface area contributed by atoms with Crippen molar-refractivity contribution in [2.75, 3.05) is 23.9 Å². The molecule has 2 aromatic rings. The van der Waals surface area contributed by atoms with E-state index in [4.69, 9.17) is 16.3 Å². The van der Waals surface area contributed by atoms with Gasteiger partial charge in [0.25, 0.3) is 0 Å². The number of benzene rings is 2. The molecule has 0 saturated carbocycles. The van der Waals surface area contributed by atoms with Crippen LogP contribution in [0.3, 0.4) is 0 Å². The van der Waals surface area contributed by atoms with E-state index in [-0.39, 0.29) is 5.91 Å². The molecule has 0 atom stereocenters. The van der Waals surface area contributed by atoms with Crippen LogP contribution in [0.2, 0.25) is 5.02 Å². The van der Waals surface area contributed by atoms with Crippen molar-refractivity contribution < 1.29 is 14.3 Å². The fourth-order valence-corrected chi connectivity index (χ4v) is 2.78. The molecule has 0 aliphatic heterocycles. The van der Waals surface area contributed by atoms with Crippen LogP contribution >= 0.6 is 11.6 Å². The lowest BCUT2D eigenvalue weighted by atomic mass is 9.89. The molecule has 1 N–H and O–H groups in total. The molecule has 6 heteroatoms. The van der Waals surface area contributed by atoms with E-state index < -0.39 is 11.3 Å². The predicted octanol–water partition coefficient (Wildman–Crippen LogP) is 4.37. The largest absolute Gasteiger partial charge is 0.495 e. The maximum Gasteiger partial charge on any atom is 0.242 e. The average Bonchev–Trinajstić information content (AvgIpc) is 2.63. The summed E-state index contributed by atoms with van der Waals surface area (Å²) in [5.74, 6) is -0.164. The van der Waals surface area contributed by atoms with E-state index in [0.717, 1.165) is 5.69 Å². The Morgan fingerprint density at radius 1 is 1.15 bits per heavy atom. The van der Waals surface area contributed by atoms with E-state index in [1.807, 2.05) is 37.3 Å². The Labute approximate surface area is 158 Å². The van der Waals surface area contributed by atoms with Gasteiger partial charge in [-0.2, -0.15) is 0 Å². The molecule has 26 heavy (non-hydrogen) atoms. The third-order valence-corrected chi connectivity index (χ3v) is 4.44. The number of hydrogen-bond acceptors (Lipinski definition) is 3. The number of methoxy groups -OCH3 is 1. The van der Waals surface area contributed by atoms with Gasteiger partial charge in [-0.1, -0.05) is 29.8 Å². The fraction of sp³-hybridized carbons (Fsp3) is 0.300. The maximum atomic E-state index is 13.0. The van der Waals surface area contributed by atoms with Crippen LogP contribution in [-0.2, 0) is 9.59 Å². The first-order chi connectivity index (χ1) is 12.3. The molecule has 0 fully saturated rings. The Morgan fingerprint density at radius 2 is 1.81 bits per heavy atom. The van der Waals surface area contributed by atoms with Crippen LogP contribution < -0.4 is 15.0 Å². The van der Waals surface area contributed by atoms with Crippen LogP contribution in [0, 0.1) is 5.41 Å². The SMILES string of the molecule is CCN(C(=O)C(C)(C)C(=O)Nc1ccc(OC)c(Cl)c1)c1ccccc1. The van der Waals surface area contributed by atoms with E-state index in [9.17, 15) is 9.59 Å². The summed E-state index contributed by atoms with van der Waals surface area (Å²) in [6.45, 7) is 5.57. The Bertz CT molecular complexity index is 791. The van der Waals surface area contributed by atoms with Crippen molar-refractivity contribution in [2.24, 2.45) is 5.41 Å². The number of amides is 2. The van der Waals surface area contributed by atoms with Crippen LogP contribution in [0.4, 0.5) is 11.4 Å². The molecule has 138 valence electrons. The van der Waals surface area contributed by atoms with Crippen LogP contribution in [0.1, 0.15) is 20.8 Å². The number of anilines is 2. The van der Waals surface area contributed by atoms with Crippen molar-refractivity contribution >= 4 is 34.8 Å². The molecular weight excluding hydrogens is 352 g/mol. The smallest absolute Gasteiger partial charge is 0.242 e. The molecule has 2 amide bonds. The highest BCUT2D eigenvalue weighted by Gasteiger charge is 2.39. The van der Waals surface area contributed by atoms with Crippen molar-refractivity contribution in [3.05, 3.63) is 53.6 Å². The number of rotatable bonds is 6. The van der Waals surface area contributed by atoms with Crippen LogP contribution in [0.15, 0.2) is 48.5 Å². The second kappa shape index (κ2) is 8.23. The minimum absolute atomic E-state index is 0.275. The zero-order valence-electron chi connectivity index (χ0n) is 15.4. The van der Waals surface area contributed by atoms with Gasteiger partial charge in [0, 0.05) is 17.9 Å². The summed E-state index contributed by atoms with van der Waals surface area (Å²) in [7, 11) is 1.52. The number of halogens is 1. The van der Waals surface area contributed by atoms with Crippen molar-refractivity contribution in [3.63, 3.8) is 0 Å². The summed E-state index contributed by atoms with van der Waals surface area (Å²) in [5, 5.41) is 3.14. The van der Waals surface area contributed by atoms with E-state index in [0.29, 0.717) is 23.0 Å². The molecule has 0 bridgehead atoms. The molecule has 0 saturated heterocycles. The molecule has 0 spiro atoms. The number of nitrogens with zero attached hydrogens (tertiary/aromatic N) is 1. The highest BCUT2D eigenvalue weighted by Crippen LogP contribution is 2.29. The third-order valence-electron chi connectivity index (χ3n) is 4.14. The van der Waals surface area contributed by atoms with Gasteiger partial charge in [0.1, 0.15) is 11.2 Å². The van der Waals surface area contributed by atoms with Gasteiger partial charge in [0.05, 0.1) is 12.1 Å². The minimum Gasteiger partial charge on any atom is -0.495 e. The molecule has 0 heterocycles. The zero-order valence-corrected chi connectivity index (χ0v) is 16.1. The molecular formula is C20H23ClN2O3. The van der Waals surface area contributed by atoms with Gasteiger partial charge in [-0.15, -0.1) is 0 Å². The van der Waals surface area contributed by atoms with Gasteiger partial charge < -0.3 is 15.0 Å². The van der Waals surface area contributed by atoms with Crippen molar-refractivity contribution in [2.45, 2.75) is 20.8 Å². The molecule has 0 aliphatic carbocycles. The molecule has 2 aromatic carbocycles. The van der Waals surface area contributed by atoms with Gasteiger partial charge in [0.2, 0.25) is 11.8 Å².